The maximum absolute atomic E-state index is 5.42. The minimum atomic E-state index is 0.0674. The van der Waals surface area contributed by atoms with Crippen molar-refractivity contribution in [3.05, 3.63) is 65.8 Å². The summed E-state index contributed by atoms with van der Waals surface area (Å²) in [4.78, 5) is 8.57. The van der Waals surface area contributed by atoms with Crippen LogP contribution in [0, 0.1) is 0 Å². The Hall–Kier alpha value is -2.53. The number of fused-ring (bicyclic) bond motifs is 1. The molecule has 104 valence electrons. The molecule has 1 atom stereocenters. The molecule has 21 heavy (non-hydrogen) atoms. The fourth-order valence-electron chi connectivity index (χ4n) is 2.62. The number of nitrogens with zero attached hydrogens (tertiary/aromatic N) is 3. The molecular weight excluding hydrogens is 264 g/mol. The molecule has 0 amide bonds. The lowest BCUT2D eigenvalue weighted by molar-refractivity contribution is 0.321. The molecule has 2 aromatic heterocycles. The fraction of sp³-hybridized carbons (Fsp3) is 0.188. The highest BCUT2D eigenvalue weighted by Crippen LogP contribution is 2.26. The highest BCUT2D eigenvalue weighted by atomic mass is 16.5. The summed E-state index contributed by atoms with van der Waals surface area (Å²) in [5.41, 5.74) is 3.53. The molecule has 1 aromatic carbocycles. The predicted molar refractivity (Wildman–Crippen MR) is 77.3 cm³/mol. The third-order valence-electron chi connectivity index (χ3n) is 3.74. The number of hydrogen-bond donors (Lipinski definition) is 1. The number of nitrogens with one attached hydrogen (secondary N) is 1. The van der Waals surface area contributed by atoms with E-state index in [4.69, 9.17) is 4.52 Å². The zero-order valence-electron chi connectivity index (χ0n) is 11.4. The Morgan fingerprint density at radius 1 is 1.10 bits per heavy atom. The Kier molecular flexibility index (Phi) is 2.97. The van der Waals surface area contributed by atoms with Gasteiger partial charge in [0.25, 0.3) is 0 Å². The second kappa shape index (κ2) is 5.10. The van der Waals surface area contributed by atoms with Crippen molar-refractivity contribution >= 4 is 0 Å². The van der Waals surface area contributed by atoms with Crippen LogP contribution in [0.1, 0.15) is 23.1 Å². The SMILES string of the molecule is c1cncc(-c2noc([C@H]3Cc4ccccc4CN3)n2)c1. The van der Waals surface area contributed by atoms with Crippen molar-refractivity contribution in [2.24, 2.45) is 0 Å². The largest absolute Gasteiger partial charge is 0.337 e. The fourth-order valence-corrected chi connectivity index (χ4v) is 2.62. The van der Waals surface area contributed by atoms with E-state index < -0.39 is 0 Å². The summed E-state index contributed by atoms with van der Waals surface area (Å²) < 4.78 is 5.42. The van der Waals surface area contributed by atoms with Crippen LogP contribution < -0.4 is 5.32 Å². The Labute approximate surface area is 122 Å². The van der Waals surface area contributed by atoms with E-state index in [0.717, 1.165) is 18.5 Å². The van der Waals surface area contributed by atoms with Gasteiger partial charge in [0.2, 0.25) is 11.7 Å². The van der Waals surface area contributed by atoms with Gasteiger partial charge >= 0.3 is 0 Å². The summed E-state index contributed by atoms with van der Waals surface area (Å²) in [6.07, 6.45) is 4.33. The lowest BCUT2D eigenvalue weighted by Gasteiger charge is -2.23. The Balaban J connectivity index is 1.60. The molecule has 0 fully saturated rings. The van der Waals surface area contributed by atoms with Gasteiger partial charge in [0.1, 0.15) is 0 Å². The van der Waals surface area contributed by atoms with Gasteiger partial charge < -0.3 is 9.84 Å². The van der Waals surface area contributed by atoms with Crippen molar-refractivity contribution in [1.82, 2.24) is 20.4 Å². The molecular formula is C16H14N4O. The van der Waals surface area contributed by atoms with E-state index >= 15 is 0 Å². The van der Waals surface area contributed by atoms with Crippen molar-refractivity contribution in [2.45, 2.75) is 19.0 Å². The first kappa shape index (κ1) is 12.2. The smallest absolute Gasteiger partial charge is 0.244 e. The number of aromatic nitrogens is 3. The standard InChI is InChI=1S/C16H14N4O/c1-2-5-12-10-18-14(8-11(12)4-1)16-19-15(20-21-16)13-6-3-7-17-9-13/h1-7,9,14,18H,8,10H2/t14-/m1/s1. The molecule has 0 aliphatic carbocycles. The van der Waals surface area contributed by atoms with E-state index in [1.807, 2.05) is 12.1 Å². The maximum atomic E-state index is 5.42. The first-order valence-electron chi connectivity index (χ1n) is 6.94. The zero-order chi connectivity index (χ0) is 14.1. The van der Waals surface area contributed by atoms with Crippen LogP contribution in [-0.4, -0.2) is 15.1 Å². The summed E-state index contributed by atoms with van der Waals surface area (Å²) in [5, 5.41) is 7.50. The van der Waals surface area contributed by atoms with Crippen LogP contribution in [0.3, 0.4) is 0 Å². The molecule has 1 aliphatic heterocycles. The van der Waals surface area contributed by atoms with Crippen LogP contribution in [0.5, 0.6) is 0 Å². The topological polar surface area (TPSA) is 63.8 Å². The van der Waals surface area contributed by atoms with Gasteiger partial charge in [-0.1, -0.05) is 29.4 Å². The highest BCUT2D eigenvalue weighted by molar-refractivity contribution is 5.52. The van der Waals surface area contributed by atoms with E-state index in [9.17, 15) is 0 Å². The van der Waals surface area contributed by atoms with Gasteiger partial charge in [0.15, 0.2) is 0 Å². The molecule has 4 rings (SSSR count). The Morgan fingerprint density at radius 2 is 2.00 bits per heavy atom. The second-order valence-electron chi connectivity index (χ2n) is 5.10. The van der Waals surface area contributed by atoms with E-state index in [1.54, 1.807) is 12.4 Å². The second-order valence-corrected chi connectivity index (χ2v) is 5.10. The van der Waals surface area contributed by atoms with Gasteiger partial charge in [-0.15, -0.1) is 0 Å². The summed E-state index contributed by atoms with van der Waals surface area (Å²) in [7, 11) is 0. The van der Waals surface area contributed by atoms with Crippen molar-refractivity contribution in [2.75, 3.05) is 0 Å². The van der Waals surface area contributed by atoms with Crippen LogP contribution in [-0.2, 0) is 13.0 Å². The third-order valence-corrected chi connectivity index (χ3v) is 3.74. The quantitative estimate of drug-likeness (QED) is 0.780. The number of hydrogen-bond acceptors (Lipinski definition) is 5. The molecule has 1 N–H and O–H groups in total. The number of pyridine rings is 1. The normalized spacial score (nSPS) is 17.4. The molecule has 0 unspecified atom stereocenters. The lowest BCUT2D eigenvalue weighted by atomic mass is 9.96. The zero-order valence-corrected chi connectivity index (χ0v) is 11.4. The molecule has 0 spiro atoms. The van der Waals surface area contributed by atoms with Crippen LogP contribution in [0.2, 0.25) is 0 Å². The van der Waals surface area contributed by atoms with Crippen LogP contribution >= 0.6 is 0 Å². The monoisotopic (exact) mass is 278 g/mol. The van der Waals surface area contributed by atoms with Gasteiger partial charge in [-0.25, -0.2) is 0 Å². The van der Waals surface area contributed by atoms with Crippen molar-refractivity contribution in [1.29, 1.82) is 0 Å². The minimum Gasteiger partial charge on any atom is -0.337 e. The van der Waals surface area contributed by atoms with Crippen molar-refractivity contribution < 1.29 is 4.52 Å². The average Bonchev–Trinajstić information content (AvgIpc) is 3.05. The summed E-state index contributed by atoms with van der Waals surface area (Å²) >= 11 is 0. The Morgan fingerprint density at radius 3 is 2.86 bits per heavy atom. The van der Waals surface area contributed by atoms with Crippen LogP contribution in [0.4, 0.5) is 0 Å². The van der Waals surface area contributed by atoms with Crippen molar-refractivity contribution in [3.8, 4) is 11.4 Å². The molecule has 0 bridgehead atoms. The minimum absolute atomic E-state index is 0.0674. The van der Waals surface area contributed by atoms with Gasteiger partial charge in [-0.3, -0.25) is 4.98 Å². The third kappa shape index (κ3) is 2.32. The lowest BCUT2D eigenvalue weighted by Crippen LogP contribution is -2.28. The number of rotatable bonds is 2. The number of benzene rings is 1. The molecule has 1 aliphatic rings. The molecule has 5 nitrogen and oxygen atoms in total. The highest BCUT2D eigenvalue weighted by Gasteiger charge is 2.24. The summed E-state index contributed by atoms with van der Waals surface area (Å²) in [6, 6.07) is 12.3. The Bertz CT molecular complexity index is 754. The van der Waals surface area contributed by atoms with Gasteiger partial charge in [-0.05, 0) is 29.7 Å². The molecule has 0 radical (unpaired) electrons. The van der Waals surface area contributed by atoms with Crippen LogP contribution in [0.15, 0.2) is 53.3 Å². The van der Waals surface area contributed by atoms with E-state index in [1.165, 1.54) is 11.1 Å². The van der Waals surface area contributed by atoms with Gasteiger partial charge in [0, 0.05) is 24.5 Å². The van der Waals surface area contributed by atoms with Gasteiger partial charge in [-0.2, -0.15) is 4.98 Å². The maximum Gasteiger partial charge on any atom is 0.244 e. The van der Waals surface area contributed by atoms with Gasteiger partial charge in [0.05, 0.1) is 6.04 Å². The first-order chi connectivity index (χ1) is 10.4. The van der Waals surface area contributed by atoms with Crippen LogP contribution in [0.25, 0.3) is 11.4 Å². The summed E-state index contributed by atoms with van der Waals surface area (Å²) in [5.74, 6) is 1.21. The molecule has 3 heterocycles. The summed E-state index contributed by atoms with van der Waals surface area (Å²) in [6.45, 7) is 0.825. The first-order valence-corrected chi connectivity index (χ1v) is 6.94. The molecule has 3 aromatic rings. The van der Waals surface area contributed by atoms with E-state index in [0.29, 0.717) is 11.7 Å². The van der Waals surface area contributed by atoms with E-state index in [-0.39, 0.29) is 6.04 Å². The average molecular weight is 278 g/mol. The molecule has 0 saturated carbocycles. The predicted octanol–water partition coefficient (Wildman–Crippen LogP) is 2.52. The molecule has 0 saturated heterocycles. The van der Waals surface area contributed by atoms with E-state index in [2.05, 4.69) is 44.7 Å². The van der Waals surface area contributed by atoms with Crippen molar-refractivity contribution in [3.63, 3.8) is 0 Å². The molecule has 5 heteroatoms.